The molecule has 94 valence electrons. The topological polar surface area (TPSA) is 83.6 Å². The highest BCUT2D eigenvalue weighted by molar-refractivity contribution is 8.26. The summed E-state index contributed by atoms with van der Waals surface area (Å²) in [5.41, 5.74) is 0.697. The zero-order chi connectivity index (χ0) is 13.3. The smallest absolute Gasteiger partial charge is 0.323 e. The molecular formula is C10H8N2O4S2. The Labute approximate surface area is 112 Å². The lowest BCUT2D eigenvalue weighted by Gasteiger charge is -2.09. The highest BCUT2D eigenvalue weighted by Gasteiger charge is 2.33. The van der Waals surface area contributed by atoms with Gasteiger partial charge in [-0.2, -0.15) is 0 Å². The number of carbonyl (C=O) groups is 2. The summed E-state index contributed by atoms with van der Waals surface area (Å²) in [5.74, 6) is -1.10. The lowest BCUT2D eigenvalue weighted by Crippen LogP contribution is -2.33. The van der Waals surface area contributed by atoms with Gasteiger partial charge in [-0.15, -0.1) is 0 Å². The molecule has 1 saturated heterocycles. The summed E-state index contributed by atoms with van der Waals surface area (Å²) >= 11 is 6.00. The highest BCUT2D eigenvalue weighted by atomic mass is 32.2. The van der Waals surface area contributed by atoms with Gasteiger partial charge >= 0.3 is 5.97 Å². The van der Waals surface area contributed by atoms with Gasteiger partial charge in [0.25, 0.3) is 5.91 Å². The minimum atomic E-state index is -1.11. The number of aromatic nitrogens is 1. The van der Waals surface area contributed by atoms with Crippen molar-refractivity contribution >= 4 is 46.3 Å². The SMILES string of the molecule is Cc1cc(C=C2SC(=S)N(CC(=O)O)C2=O)on1. The monoisotopic (exact) mass is 284 g/mol. The second-order valence-corrected chi connectivity index (χ2v) is 5.21. The van der Waals surface area contributed by atoms with Crippen LogP contribution in [-0.2, 0) is 9.59 Å². The van der Waals surface area contributed by atoms with Crippen molar-refractivity contribution in [3.05, 3.63) is 22.4 Å². The van der Waals surface area contributed by atoms with Crippen LogP contribution >= 0.6 is 24.0 Å². The third-order valence-corrected chi connectivity index (χ3v) is 3.46. The molecule has 1 amide bonds. The Kier molecular flexibility index (Phi) is 3.48. The van der Waals surface area contributed by atoms with Crippen molar-refractivity contribution in [2.24, 2.45) is 0 Å². The van der Waals surface area contributed by atoms with Crippen LogP contribution in [0, 0.1) is 6.92 Å². The Balaban J connectivity index is 2.22. The van der Waals surface area contributed by atoms with E-state index in [0.29, 0.717) is 16.4 Å². The Morgan fingerprint density at radius 3 is 3.00 bits per heavy atom. The predicted octanol–water partition coefficient (Wildman–Crippen LogP) is 1.27. The molecule has 1 fully saturated rings. The van der Waals surface area contributed by atoms with E-state index in [9.17, 15) is 9.59 Å². The van der Waals surface area contributed by atoms with Gasteiger partial charge in [0, 0.05) is 12.1 Å². The van der Waals surface area contributed by atoms with Gasteiger partial charge in [0.1, 0.15) is 10.9 Å². The van der Waals surface area contributed by atoms with Crippen LogP contribution in [0.3, 0.4) is 0 Å². The summed E-state index contributed by atoms with van der Waals surface area (Å²) in [6.45, 7) is 1.33. The highest BCUT2D eigenvalue weighted by Crippen LogP contribution is 2.32. The van der Waals surface area contributed by atoms with Gasteiger partial charge in [-0.1, -0.05) is 29.1 Å². The third kappa shape index (κ3) is 2.59. The fourth-order valence-corrected chi connectivity index (χ4v) is 2.59. The van der Waals surface area contributed by atoms with Crippen LogP contribution in [0.5, 0.6) is 0 Å². The lowest BCUT2D eigenvalue weighted by molar-refractivity contribution is -0.140. The number of hydrogen-bond acceptors (Lipinski definition) is 6. The number of carboxylic acids is 1. The maximum absolute atomic E-state index is 11.9. The zero-order valence-electron chi connectivity index (χ0n) is 9.24. The van der Waals surface area contributed by atoms with Gasteiger partial charge < -0.3 is 9.63 Å². The van der Waals surface area contributed by atoms with Gasteiger partial charge in [0.2, 0.25) is 0 Å². The number of amides is 1. The van der Waals surface area contributed by atoms with Gasteiger partial charge in [-0.05, 0) is 6.92 Å². The molecule has 0 spiro atoms. The summed E-state index contributed by atoms with van der Waals surface area (Å²) < 4.78 is 5.18. The molecule has 1 aromatic heterocycles. The molecule has 0 aromatic carbocycles. The van der Waals surface area contributed by atoms with Crippen LogP contribution < -0.4 is 0 Å². The average Bonchev–Trinajstić information content (AvgIpc) is 2.78. The second kappa shape index (κ2) is 4.91. The van der Waals surface area contributed by atoms with E-state index in [1.807, 2.05) is 0 Å². The summed E-state index contributed by atoms with van der Waals surface area (Å²) in [7, 11) is 0. The first-order valence-electron chi connectivity index (χ1n) is 4.88. The lowest BCUT2D eigenvalue weighted by atomic mass is 10.3. The van der Waals surface area contributed by atoms with E-state index in [4.69, 9.17) is 21.8 Å². The van der Waals surface area contributed by atoms with E-state index >= 15 is 0 Å². The van der Waals surface area contributed by atoms with E-state index in [1.165, 1.54) is 6.08 Å². The van der Waals surface area contributed by atoms with Crippen molar-refractivity contribution in [2.75, 3.05) is 6.54 Å². The second-order valence-electron chi connectivity index (χ2n) is 3.53. The van der Waals surface area contributed by atoms with Crippen LogP contribution in [0.15, 0.2) is 15.5 Å². The maximum atomic E-state index is 11.9. The fourth-order valence-electron chi connectivity index (χ4n) is 1.35. The zero-order valence-corrected chi connectivity index (χ0v) is 10.9. The molecule has 1 aliphatic rings. The number of hydrogen-bond donors (Lipinski definition) is 1. The largest absolute Gasteiger partial charge is 0.480 e. The van der Waals surface area contributed by atoms with E-state index in [-0.39, 0.29) is 4.32 Å². The van der Waals surface area contributed by atoms with Crippen molar-refractivity contribution < 1.29 is 19.2 Å². The van der Waals surface area contributed by atoms with Gasteiger partial charge in [-0.25, -0.2) is 0 Å². The average molecular weight is 284 g/mol. The van der Waals surface area contributed by atoms with Crippen molar-refractivity contribution in [1.82, 2.24) is 10.1 Å². The Hall–Kier alpha value is -1.67. The van der Waals surface area contributed by atoms with E-state index in [1.54, 1.807) is 13.0 Å². The van der Waals surface area contributed by atoms with Crippen molar-refractivity contribution in [3.8, 4) is 0 Å². The molecule has 1 aromatic rings. The molecule has 0 radical (unpaired) electrons. The van der Waals surface area contributed by atoms with Crippen molar-refractivity contribution in [1.29, 1.82) is 0 Å². The first kappa shape index (κ1) is 12.8. The number of aliphatic carboxylic acids is 1. The Morgan fingerprint density at radius 2 is 2.44 bits per heavy atom. The molecule has 6 nitrogen and oxygen atoms in total. The number of carbonyl (C=O) groups excluding carboxylic acids is 1. The maximum Gasteiger partial charge on any atom is 0.323 e. The summed E-state index contributed by atoms with van der Waals surface area (Å²) in [5, 5.41) is 12.4. The molecule has 8 heteroatoms. The Bertz CT molecular complexity index is 564. The summed E-state index contributed by atoms with van der Waals surface area (Å²) in [6.07, 6.45) is 1.50. The molecular weight excluding hydrogens is 276 g/mol. The molecule has 0 unspecified atom stereocenters. The van der Waals surface area contributed by atoms with Crippen LogP contribution in [0.1, 0.15) is 11.5 Å². The molecule has 18 heavy (non-hydrogen) atoms. The number of rotatable bonds is 3. The number of carboxylic acid groups (broad SMARTS) is 1. The Morgan fingerprint density at radius 1 is 1.72 bits per heavy atom. The van der Waals surface area contributed by atoms with Crippen LogP contribution in [0.25, 0.3) is 6.08 Å². The van der Waals surface area contributed by atoms with Crippen LogP contribution in [0.4, 0.5) is 0 Å². The molecule has 0 atom stereocenters. The van der Waals surface area contributed by atoms with Gasteiger partial charge in [0.05, 0.1) is 10.6 Å². The minimum absolute atomic E-state index is 0.227. The number of thioether (sulfide) groups is 1. The summed E-state index contributed by atoms with van der Waals surface area (Å²) in [4.78, 5) is 23.9. The molecule has 1 N–H and O–H groups in total. The molecule has 0 saturated carbocycles. The molecule has 1 aliphatic heterocycles. The minimum Gasteiger partial charge on any atom is -0.480 e. The summed E-state index contributed by atoms with van der Waals surface area (Å²) in [6, 6.07) is 1.67. The molecule has 0 bridgehead atoms. The van der Waals surface area contributed by atoms with E-state index in [0.717, 1.165) is 16.7 Å². The molecule has 0 aliphatic carbocycles. The number of thiocarbonyl (C=S) groups is 1. The van der Waals surface area contributed by atoms with Crippen molar-refractivity contribution in [2.45, 2.75) is 6.92 Å². The van der Waals surface area contributed by atoms with Gasteiger partial charge in [-0.3, -0.25) is 14.5 Å². The van der Waals surface area contributed by atoms with Crippen molar-refractivity contribution in [3.63, 3.8) is 0 Å². The number of aryl methyl sites for hydroxylation is 1. The fraction of sp³-hybridized carbons (Fsp3) is 0.200. The standard InChI is InChI=1S/C10H8N2O4S2/c1-5-2-6(16-11-5)3-7-9(15)12(4-8(13)14)10(17)18-7/h2-3H,4H2,1H3,(H,13,14). The van der Waals surface area contributed by atoms with Gasteiger partial charge in [0.15, 0.2) is 5.76 Å². The molecule has 2 heterocycles. The predicted molar refractivity (Wildman–Crippen MR) is 68.8 cm³/mol. The molecule has 2 rings (SSSR count). The normalized spacial score (nSPS) is 17.8. The number of nitrogens with zero attached hydrogens (tertiary/aromatic N) is 2. The van der Waals surface area contributed by atoms with Crippen LogP contribution in [-0.4, -0.2) is 37.9 Å². The van der Waals surface area contributed by atoms with E-state index in [2.05, 4.69) is 5.16 Å². The first-order valence-corrected chi connectivity index (χ1v) is 6.10. The first-order chi connectivity index (χ1) is 8.47. The third-order valence-electron chi connectivity index (χ3n) is 2.09. The van der Waals surface area contributed by atoms with Crippen LogP contribution in [0.2, 0.25) is 0 Å². The van der Waals surface area contributed by atoms with E-state index < -0.39 is 18.4 Å². The quantitative estimate of drug-likeness (QED) is 0.661.